The number of anilines is 1. The van der Waals surface area contributed by atoms with E-state index in [9.17, 15) is 4.79 Å². The smallest absolute Gasteiger partial charge is 0.137 e. The molecule has 2 aliphatic heterocycles. The fourth-order valence-corrected chi connectivity index (χ4v) is 3.31. The van der Waals surface area contributed by atoms with E-state index in [1.807, 2.05) is 13.0 Å². The molecule has 0 N–H and O–H groups in total. The lowest BCUT2D eigenvalue weighted by Crippen LogP contribution is -2.43. The van der Waals surface area contributed by atoms with Crippen LogP contribution in [0.3, 0.4) is 0 Å². The highest BCUT2D eigenvalue weighted by molar-refractivity contribution is 6.31. The summed E-state index contributed by atoms with van der Waals surface area (Å²) in [4.78, 5) is 14.0. The number of ketones is 1. The molecule has 0 saturated carbocycles. The number of aryl methyl sites for hydroxylation is 1. The molecule has 2 unspecified atom stereocenters. The van der Waals surface area contributed by atoms with Gasteiger partial charge in [-0.3, -0.25) is 4.79 Å². The highest BCUT2D eigenvalue weighted by Crippen LogP contribution is 2.38. The maximum absolute atomic E-state index is 11.6. The van der Waals surface area contributed by atoms with Crippen molar-refractivity contribution in [3.05, 3.63) is 28.8 Å². The molecular formula is C14H16ClNO. The molecule has 3 heteroatoms. The summed E-state index contributed by atoms with van der Waals surface area (Å²) in [5, 5.41) is 0.818. The summed E-state index contributed by atoms with van der Waals surface area (Å²) in [5.41, 5.74) is 2.29. The Morgan fingerprint density at radius 1 is 1.24 bits per heavy atom. The number of carbonyl (C=O) groups is 1. The van der Waals surface area contributed by atoms with Crippen LogP contribution >= 0.6 is 11.6 Å². The van der Waals surface area contributed by atoms with Crippen molar-refractivity contribution in [3.63, 3.8) is 0 Å². The van der Waals surface area contributed by atoms with Crippen molar-refractivity contribution in [2.24, 2.45) is 0 Å². The van der Waals surface area contributed by atoms with Crippen LogP contribution in [0.1, 0.15) is 31.2 Å². The van der Waals surface area contributed by atoms with E-state index >= 15 is 0 Å². The molecule has 2 heterocycles. The Kier molecular flexibility index (Phi) is 2.62. The number of halogens is 1. The zero-order valence-corrected chi connectivity index (χ0v) is 10.7. The quantitative estimate of drug-likeness (QED) is 0.761. The van der Waals surface area contributed by atoms with Gasteiger partial charge in [-0.05, 0) is 37.5 Å². The molecule has 0 radical (unpaired) electrons. The van der Waals surface area contributed by atoms with Gasteiger partial charge in [0.2, 0.25) is 0 Å². The maximum atomic E-state index is 11.6. The number of hydrogen-bond acceptors (Lipinski definition) is 2. The number of nitrogens with zero attached hydrogens (tertiary/aromatic N) is 1. The zero-order chi connectivity index (χ0) is 12.0. The molecule has 0 aliphatic carbocycles. The van der Waals surface area contributed by atoms with Crippen LogP contribution < -0.4 is 4.90 Å². The van der Waals surface area contributed by atoms with Crippen LogP contribution in [0.25, 0.3) is 0 Å². The molecule has 0 aromatic heterocycles. The minimum absolute atomic E-state index is 0.403. The Bertz CT molecular complexity index is 455. The van der Waals surface area contributed by atoms with E-state index in [-0.39, 0.29) is 0 Å². The van der Waals surface area contributed by atoms with Crippen LogP contribution in [0.4, 0.5) is 5.69 Å². The minimum Gasteiger partial charge on any atom is -0.365 e. The first-order valence-electron chi connectivity index (χ1n) is 6.21. The van der Waals surface area contributed by atoms with Crippen molar-refractivity contribution in [1.29, 1.82) is 0 Å². The summed E-state index contributed by atoms with van der Waals surface area (Å²) in [7, 11) is 0. The average Bonchev–Trinajstić information content (AvgIpc) is 2.55. The number of benzene rings is 1. The lowest BCUT2D eigenvalue weighted by Gasteiger charge is -2.36. The Labute approximate surface area is 107 Å². The molecule has 0 spiro atoms. The molecule has 2 bridgehead atoms. The first-order valence-corrected chi connectivity index (χ1v) is 6.59. The third kappa shape index (κ3) is 1.85. The Morgan fingerprint density at radius 3 is 2.47 bits per heavy atom. The van der Waals surface area contributed by atoms with Crippen LogP contribution in [0.2, 0.25) is 5.02 Å². The molecule has 17 heavy (non-hydrogen) atoms. The predicted molar refractivity (Wildman–Crippen MR) is 69.7 cm³/mol. The van der Waals surface area contributed by atoms with Gasteiger partial charge in [0.15, 0.2) is 0 Å². The molecule has 1 aromatic carbocycles. The van der Waals surface area contributed by atoms with Crippen LogP contribution in [0.5, 0.6) is 0 Å². The summed E-state index contributed by atoms with van der Waals surface area (Å²) < 4.78 is 0. The van der Waals surface area contributed by atoms with Gasteiger partial charge in [-0.2, -0.15) is 0 Å². The van der Waals surface area contributed by atoms with Crippen LogP contribution in [0, 0.1) is 6.92 Å². The second-order valence-electron chi connectivity index (χ2n) is 5.17. The number of Topliss-reactive ketones (excluding diaryl/α,β-unsaturated/α-hetero) is 1. The van der Waals surface area contributed by atoms with Crippen molar-refractivity contribution in [2.75, 3.05) is 4.90 Å². The predicted octanol–water partition coefficient (Wildman–Crippen LogP) is 3.35. The Hall–Kier alpha value is -1.02. The van der Waals surface area contributed by atoms with Crippen LogP contribution in [-0.4, -0.2) is 17.9 Å². The lowest BCUT2D eigenvalue weighted by molar-refractivity contribution is -0.120. The summed E-state index contributed by atoms with van der Waals surface area (Å²) in [5.74, 6) is 0.423. The minimum atomic E-state index is 0.403. The number of carbonyl (C=O) groups excluding carboxylic acids is 1. The van der Waals surface area contributed by atoms with Gasteiger partial charge < -0.3 is 4.90 Å². The first-order chi connectivity index (χ1) is 8.15. The van der Waals surface area contributed by atoms with Crippen LogP contribution in [0.15, 0.2) is 18.2 Å². The molecule has 0 amide bonds. The van der Waals surface area contributed by atoms with Crippen molar-refractivity contribution >= 4 is 23.1 Å². The maximum Gasteiger partial charge on any atom is 0.137 e. The fourth-order valence-electron chi connectivity index (χ4n) is 3.13. The number of piperidine rings is 1. The third-order valence-corrected chi connectivity index (χ3v) is 4.41. The van der Waals surface area contributed by atoms with Gasteiger partial charge in [0.1, 0.15) is 5.78 Å². The molecule has 2 atom stereocenters. The van der Waals surface area contributed by atoms with Gasteiger partial charge in [0.05, 0.1) is 0 Å². The summed E-state index contributed by atoms with van der Waals surface area (Å²) in [6.07, 6.45) is 3.70. The van der Waals surface area contributed by atoms with E-state index in [0.29, 0.717) is 30.7 Å². The van der Waals surface area contributed by atoms with E-state index < -0.39 is 0 Å². The molecule has 2 nitrogen and oxygen atoms in total. The van der Waals surface area contributed by atoms with Crippen LogP contribution in [-0.2, 0) is 4.79 Å². The monoisotopic (exact) mass is 249 g/mol. The van der Waals surface area contributed by atoms with E-state index in [1.165, 1.54) is 5.69 Å². The molecule has 2 aliphatic rings. The number of hydrogen-bond donors (Lipinski definition) is 0. The van der Waals surface area contributed by atoms with E-state index in [0.717, 1.165) is 23.4 Å². The molecule has 3 rings (SSSR count). The molecule has 1 aromatic rings. The summed E-state index contributed by atoms with van der Waals surface area (Å²) >= 11 is 6.18. The van der Waals surface area contributed by atoms with E-state index in [2.05, 4.69) is 17.0 Å². The molecule has 90 valence electrons. The topological polar surface area (TPSA) is 20.3 Å². The second kappa shape index (κ2) is 4.02. The van der Waals surface area contributed by atoms with Gasteiger partial charge in [-0.25, -0.2) is 0 Å². The summed E-state index contributed by atoms with van der Waals surface area (Å²) in [6, 6.07) is 7.04. The molecule has 2 saturated heterocycles. The van der Waals surface area contributed by atoms with Gasteiger partial charge in [-0.15, -0.1) is 0 Å². The number of rotatable bonds is 1. The van der Waals surface area contributed by atoms with Gasteiger partial charge >= 0.3 is 0 Å². The average molecular weight is 250 g/mol. The van der Waals surface area contributed by atoms with Gasteiger partial charge in [0.25, 0.3) is 0 Å². The van der Waals surface area contributed by atoms with Crippen molar-refractivity contribution in [1.82, 2.24) is 0 Å². The Balaban J connectivity index is 1.94. The number of fused-ring (bicyclic) bond motifs is 2. The highest BCUT2D eigenvalue weighted by Gasteiger charge is 2.40. The zero-order valence-electron chi connectivity index (χ0n) is 9.95. The largest absolute Gasteiger partial charge is 0.365 e. The molecular weight excluding hydrogens is 234 g/mol. The fraction of sp³-hybridized carbons (Fsp3) is 0.500. The first kappa shape index (κ1) is 11.1. The second-order valence-corrected chi connectivity index (χ2v) is 5.58. The van der Waals surface area contributed by atoms with Crippen molar-refractivity contribution < 1.29 is 4.79 Å². The summed E-state index contributed by atoms with van der Waals surface area (Å²) in [6.45, 7) is 2.01. The van der Waals surface area contributed by atoms with E-state index in [1.54, 1.807) is 0 Å². The van der Waals surface area contributed by atoms with Crippen molar-refractivity contribution in [2.45, 2.75) is 44.7 Å². The Morgan fingerprint density at radius 2 is 1.88 bits per heavy atom. The molecule has 2 fully saturated rings. The normalized spacial score (nSPS) is 27.6. The SMILES string of the molecule is Cc1ccc(N2C3CCC2CC(=O)C3)cc1Cl. The van der Waals surface area contributed by atoms with Gasteiger partial charge in [0, 0.05) is 35.6 Å². The lowest BCUT2D eigenvalue weighted by atomic mass is 10.0. The highest BCUT2D eigenvalue weighted by atomic mass is 35.5. The third-order valence-electron chi connectivity index (χ3n) is 4.00. The van der Waals surface area contributed by atoms with E-state index in [4.69, 9.17) is 11.6 Å². The van der Waals surface area contributed by atoms with Gasteiger partial charge in [-0.1, -0.05) is 17.7 Å². The standard InChI is InChI=1S/C14H16ClNO/c1-9-2-3-12(8-14(9)15)16-10-4-5-11(16)7-13(17)6-10/h2-3,8,10-11H,4-7H2,1H3. The van der Waals surface area contributed by atoms with Crippen molar-refractivity contribution in [3.8, 4) is 0 Å².